The van der Waals surface area contributed by atoms with E-state index in [-0.39, 0.29) is 5.91 Å². The van der Waals surface area contributed by atoms with Crippen LogP contribution in [0.2, 0.25) is 0 Å². The lowest BCUT2D eigenvalue weighted by Gasteiger charge is -2.22. The van der Waals surface area contributed by atoms with E-state index in [4.69, 9.17) is 0 Å². The molecule has 0 bridgehead atoms. The highest BCUT2D eigenvalue weighted by Crippen LogP contribution is 2.10. The van der Waals surface area contributed by atoms with E-state index in [9.17, 15) is 4.79 Å². The molecule has 0 saturated heterocycles. The van der Waals surface area contributed by atoms with Gasteiger partial charge in [-0.05, 0) is 24.1 Å². The van der Waals surface area contributed by atoms with Gasteiger partial charge in [0, 0.05) is 31.0 Å². The molecule has 0 fully saturated rings. The number of hydrogen-bond acceptors (Lipinski definition) is 2. The summed E-state index contributed by atoms with van der Waals surface area (Å²) in [4.78, 5) is 18.3. The fraction of sp³-hybridized carbons (Fsp3) is 0.250. The fourth-order valence-corrected chi connectivity index (χ4v) is 2.00. The van der Waals surface area contributed by atoms with Gasteiger partial charge in [-0.1, -0.05) is 37.3 Å². The van der Waals surface area contributed by atoms with Crippen molar-refractivity contribution < 1.29 is 4.79 Å². The third kappa shape index (κ3) is 3.65. The molecule has 2 aromatic rings. The van der Waals surface area contributed by atoms with Gasteiger partial charge in [0.25, 0.3) is 5.91 Å². The van der Waals surface area contributed by atoms with Gasteiger partial charge in [-0.2, -0.15) is 0 Å². The van der Waals surface area contributed by atoms with Crippen LogP contribution < -0.4 is 0 Å². The number of carbonyl (C=O) groups is 1. The molecule has 0 spiro atoms. The van der Waals surface area contributed by atoms with Crippen LogP contribution >= 0.6 is 0 Å². The van der Waals surface area contributed by atoms with Crippen LogP contribution in [0.1, 0.15) is 29.3 Å². The number of aromatic nitrogens is 1. The van der Waals surface area contributed by atoms with E-state index < -0.39 is 0 Å². The molecule has 19 heavy (non-hydrogen) atoms. The standard InChI is InChI=1S/C16H18N2O/c1-2-12-18(13-14-6-4-3-5-7-14)16(19)15-8-10-17-11-9-15/h3-11H,2,12-13H2,1H3. The highest BCUT2D eigenvalue weighted by atomic mass is 16.2. The third-order valence-electron chi connectivity index (χ3n) is 2.92. The molecule has 0 aliphatic rings. The van der Waals surface area contributed by atoms with Gasteiger partial charge in [0.05, 0.1) is 0 Å². The lowest BCUT2D eigenvalue weighted by atomic mass is 10.1. The summed E-state index contributed by atoms with van der Waals surface area (Å²) in [6, 6.07) is 13.6. The van der Waals surface area contributed by atoms with Crippen molar-refractivity contribution in [2.24, 2.45) is 0 Å². The molecule has 0 atom stereocenters. The zero-order valence-corrected chi connectivity index (χ0v) is 11.1. The first-order valence-electron chi connectivity index (χ1n) is 6.54. The normalized spacial score (nSPS) is 10.2. The Morgan fingerprint density at radius 3 is 2.42 bits per heavy atom. The molecule has 0 unspecified atom stereocenters. The van der Waals surface area contributed by atoms with Gasteiger partial charge < -0.3 is 4.90 Å². The number of pyridine rings is 1. The zero-order valence-electron chi connectivity index (χ0n) is 11.1. The topological polar surface area (TPSA) is 33.2 Å². The zero-order chi connectivity index (χ0) is 13.5. The number of amides is 1. The Morgan fingerprint density at radius 2 is 1.79 bits per heavy atom. The molecule has 0 N–H and O–H groups in total. The number of rotatable bonds is 5. The van der Waals surface area contributed by atoms with Crippen LogP contribution in [0.15, 0.2) is 54.9 Å². The number of carbonyl (C=O) groups excluding carboxylic acids is 1. The maximum Gasteiger partial charge on any atom is 0.254 e. The summed E-state index contributed by atoms with van der Waals surface area (Å²) in [7, 11) is 0. The molecule has 0 radical (unpaired) electrons. The van der Waals surface area contributed by atoms with Gasteiger partial charge in [-0.15, -0.1) is 0 Å². The Morgan fingerprint density at radius 1 is 1.11 bits per heavy atom. The minimum absolute atomic E-state index is 0.0631. The van der Waals surface area contributed by atoms with Gasteiger partial charge in [-0.3, -0.25) is 9.78 Å². The van der Waals surface area contributed by atoms with Crippen LogP contribution in [-0.4, -0.2) is 22.3 Å². The van der Waals surface area contributed by atoms with Crippen molar-refractivity contribution in [2.45, 2.75) is 19.9 Å². The van der Waals surface area contributed by atoms with Gasteiger partial charge in [0.1, 0.15) is 0 Å². The summed E-state index contributed by atoms with van der Waals surface area (Å²) in [5, 5.41) is 0. The van der Waals surface area contributed by atoms with Crippen molar-refractivity contribution in [1.29, 1.82) is 0 Å². The van der Waals surface area contributed by atoms with E-state index in [1.165, 1.54) is 0 Å². The molecular weight excluding hydrogens is 236 g/mol. The van der Waals surface area contributed by atoms with Crippen molar-refractivity contribution in [2.75, 3.05) is 6.54 Å². The Hall–Kier alpha value is -2.16. The van der Waals surface area contributed by atoms with E-state index in [0.29, 0.717) is 12.1 Å². The molecule has 1 amide bonds. The smallest absolute Gasteiger partial charge is 0.254 e. The monoisotopic (exact) mass is 254 g/mol. The second-order valence-electron chi connectivity index (χ2n) is 4.45. The van der Waals surface area contributed by atoms with Crippen molar-refractivity contribution >= 4 is 5.91 Å². The lowest BCUT2D eigenvalue weighted by molar-refractivity contribution is 0.0743. The number of nitrogens with zero attached hydrogens (tertiary/aromatic N) is 2. The molecule has 0 saturated carbocycles. The molecule has 3 nitrogen and oxygen atoms in total. The first kappa shape index (κ1) is 13.3. The Kier molecular flexibility index (Phi) is 4.67. The molecule has 1 aromatic heterocycles. The fourth-order valence-electron chi connectivity index (χ4n) is 2.00. The lowest BCUT2D eigenvalue weighted by Crippen LogP contribution is -2.31. The van der Waals surface area contributed by atoms with Gasteiger partial charge in [0.15, 0.2) is 0 Å². The Labute approximate surface area is 113 Å². The highest BCUT2D eigenvalue weighted by molar-refractivity contribution is 5.94. The van der Waals surface area contributed by atoms with Crippen molar-refractivity contribution in [3.05, 3.63) is 66.0 Å². The average Bonchev–Trinajstić information content (AvgIpc) is 2.48. The first-order valence-corrected chi connectivity index (χ1v) is 6.54. The second-order valence-corrected chi connectivity index (χ2v) is 4.45. The minimum atomic E-state index is 0.0631. The Bertz CT molecular complexity index is 511. The summed E-state index contributed by atoms with van der Waals surface area (Å²) in [5.41, 5.74) is 1.85. The molecule has 1 heterocycles. The summed E-state index contributed by atoms with van der Waals surface area (Å²) < 4.78 is 0. The molecule has 1 aromatic carbocycles. The van der Waals surface area contributed by atoms with Crippen molar-refractivity contribution in [1.82, 2.24) is 9.88 Å². The van der Waals surface area contributed by atoms with Crippen LogP contribution in [0, 0.1) is 0 Å². The van der Waals surface area contributed by atoms with Crippen molar-refractivity contribution in [3.8, 4) is 0 Å². The number of hydrogen-bond donors (Lipinski definition) is 0. The average molecular weight is 254 g/mol. The maximum absolute atomic E-state index is 12.4. The summed E-state index contributed by atoms with van der Waals surface area (Å²) in [5.74, 6) is 0.0631. The summed E-state index contributed by atoms with van der Waals surface area (Å²) in [6.45, 7) is 3.49. The van der Waals surface area contributed by atoms with Gasteiger partial charge in [0.2, 0.25) is 0 Å². The van der Waals surface area contributed by atoms with Gasteiger partial charge >= 0.3 is 0 Å². The van der Waals surface area contributed by atoms with Crippen LogP contribution in [0.5, 0.6) is 0 Å². The van der Waals surface area contributed by atoms with E-state index in [0.717, 1.165) is 18.5 Å². The maximum atomic E-state index is 12.4. The minimum Gasteiger partial charge on any atom is -0.334 e. The Balaban J connectivity index is 2.14. The predicted molar refractivity (Wildman–Crippen MR) is 75.7 cm³/mol. The van der Waals surface area contributed by atoms with E-state index in [2.05, 4.69) is 11.9 Å². The predicted octanol–water partition coefficient (Wildman–Crippen LogP) is 3.13. The van der Waals surface area contributed by atoms with E-state index >= 15 is 0 Å². The molecule has 98 valence electrons. The largest absolute Gasteiger partial charge is 0.334 e. The van der Waals surface area contributed by atoms with Gasteiger partial charge in [-0.25, -0.2) is 0 Å². The van der Waals surface area contributed by atoms with Crippen LogP contribution in [0.4, 0.5) is 0 Å². The second kappa shape index (κ2) is 6.69. The van der Waals surface area contributed by atoms with Crippen molar-refractivity contribution in [3.63, 3.8) is 0 Å². The quantitative estimate of drug-likeness (QED) is 0.821. The SMILES string of the molecule is CCCN(Cc1ccccc1)C(=O)c1ccncc1. The van der Waals surface area contributed by atoms with Crippen LogP contribution in [-0.2, 0) is 6.54 Å². The molecule has 0 aliphatic heterocycles. The number of benzene rings is 1. The third-order valence-corrected chi connectivity index (χ3v) is 2.92. The van der Waals surface area contributed by atoms with E-state index in [1.807, 2.05) is 35.2 Å². The molecular formula is C16H18N2O. The first-order chi connectivity index (χ1) is 9.31. The van der Waals surface area contributed by atoms with E-state index in [1.54, 1.807) is 24.5 Å². The van der Waals surface area contributed by atoms with Crippen LogP contribution in [0.25, 0.3) is 0 Å². The summed E-state index contributed by atoms with van der Waals surface area (Å²) in [6.07, 6.45) is 4.25. The highest BCUT2D eigenvalue weighted by Gasteiger charge is 2.14. The molecule has 0 aliphatic carbocycles. The molecule has 2 rings (SSSR count). The van der Waals surface area contributed by atoms with Crippen LogP contribution in [0.3, 0.4) is 0 Å². The summed E-state index contributed by atoms with van der Waals surface area (Å²) >= 11 is 0. The molecule has 3 heteroatoms.